The van der Waals surface area contributed by atoms with E-state index in [1.54, 1.807) is 6.08 Å². The predicted octanol–water partition coefficient (Wildman–Crippen LogP) is 21.6. The number of amides is 1. The molecule has 86 heavy (non-hydrogen) atoms. The molecule has 1 rings (SSSR count). The molecule has 0 aromatic rings. The molecule has 1 heterocycles. The molecule has 6 N–H and O–H groups in total. The molecule has 9 nitrogen and oxygen atoms in total. The lowest BCUT2D eigenvalue weighted by molar-refractivity contribution is -0.302. The number of allylic oxidation sites excluding steroid dienone is 3. The van der Waals surface area contributed by atoms with E-state index in [0.717, 1.165) is 38.5 Å². The summed E-state index contributed by atoms with van der Waals surface area (Å²) >= 11 is 0. The average Bonchev–Trinajstić information content (AvgIpc) is 2.42. The van der Waals surface area contributed by atoms with Crippen molar-refractivity contribution >= 4 is 5.91 Å². The lowest BCUT2D eigenvalue weighted by Gasteiger charge is -2.40. The van der Waals surface area contributed by atoms with Gasteiger partial charge in [-0.05, 0) is 32.1 Å². The summed E-state index contributed by atoms with van der Waals surface area (Å²) in [6, 6.07) is -0.821. The van der Waals surface area contributed by atoms with Crippen LogP contribution in [0, 0.1) is 0 Å². The highest BCUT2D eigenvalue weighted by Crippen LogP contribution is 2.24. The van der Waals surface area contributed by atoms with Crippen molar-refractivity contribution in [2.45, 2.75) is 448 Å². The van der Waals surface area contributed by atoms with Crippen LogP contribution in [0.5, 0.6) is 0 Å². The molecule has 510 valence electrons. The number of hydrogen-bond donors (Lipinski definition) is 6. The zero-order valence-electron chi connectivity index (χ0n) is 57.4. The monoisotopic (exact) mass is 1220 g/mol. The fourth-order valence-corrected chi connectivity index (χ4v) is 12.8. The Labute approximate surface area is 534 Å². The summed E-state index contributed by atoms with van der Waals surface area (Å²) in [5.41, 5.74) is 0. The SMILES string of the molecule is CCCCCCCCCCCCCCCCCCCCCCCC/C=C/CC/C=C/C(O)C(COC1OC(CO)C(O)C(O)C1O)NC(=O)CCCCCCCCCCCCCCCCCCCCCCCCCCCCCCCCCCCCC. The van der Waals surface area contributed by atoms with Gasteiger partial charge >= 0.3 is 0 Å². The second kappa shape index (κ2) is 66.6. The van der Waals surface area contributed by atoms with Crippen LogP contribution >= 0.6 is 0 Å². The van der Waals surface area contributed by atoms with Crippen LogP contribution in [0.15, 0.2) is 24.3 Å². The summed E-state index contributed by atoms with van der Waals surface area (Å²) in [6.07, 6.45) is 81.9. The smallest absolute Gasteiger partial charge is 0.220 e. The van der Waals surface area contributed by atoms with Crippen LogP contribution < -0.4 is 5.32 Å². The second-order valence-electron chi connectivity index (χ2n) is 27.2. The van der Waals surface area contributed by atoms with Gasteiger partial charge in [0.2, 0.25) is 5.91 Å². The van der Waals surface area contributed by atoms with Gasteiger partial charge in [0.05, 0.1) is 25.4 Å². The van der Waals surface area contributed by atoms with Crippen molar-refractivity contribution < 1.29 is 39.8 Å². The molecule has 7 atom stereocenters. The molecular formula is C77H149NO8. The zero-order valence-corrected chi connectivity index (χ0v) is 57.4. The number of carbonyl (C=O) groups excluding carboxylic acids is 1. The van der Waals surface area contributed by atoms with Crippen LogP contribution in [0.25, 0.3) is 0 Å². The van der Waals surface area contributed by atoms with Crippen LogP contribution in [-0.4, -0.2) is 87.5 Å². The van der Waals surface area contributed by atoms with Crippen molar-refractivity contribution in [2.75, 3.05) is 13.2 Å². The highest BCUT2D eigenvalue weighted by molar-refractivity contribution is 5.76. The summed E-state index contributed by atoms with van der Waals surface area (Å²) in [4.78, 5) is 13.1. The topological polar surface area (TPSA) is 149 Å². The number of ether oxygens (including phenoxy) is 2. The molecule has 0 spiro atoms. The van der Waals surface area contributed by atoms with E-state index in [9.17, 15) is 30.3 Å². The summed E-state index contributed by atoms with van der Waals surface area (Å²) in [6.45, 7) is 3.83. The van der Waals surface area contributed by atoms with Crippen molar-refractivity contribution in [3.63, 3.8) is 0 Å². The maximum absolute atomic E-state index is 13.1. The van der Waals surface area contributed by atoms with E-state index in [1.807, 2.05) is 6.08 Å². The highest BCUT2D eigenvalue weighted by atomic mass is 16.7. The standard InChI is InChI=1S/C77H149NO8/c1-3-5-7-9-11-13-15-17-19-21-23-25-27-29-31-33-34-35-36-37-38-39-41-43-45-47-49-51-53-55-57-59-61-63-65-67-73(81)78-70(69-85-77-76(84)75(83)74(82)72(68-79)86-77)71(80)66-64-62-60-58-56-54-52-50-48-46-44-42-40-32-30-28-26-24-22-20-18-16-14-12-10-8-6-4-2/h56,58,64,66,70-72,74-77,79-80,82-84H,3-55,57,59-63,65,67-69H2,1-2H3,(H,78,81)/b58-56+,66-64+. The van der Waals surface area contributed by atoms with E-state index in [2.05, 4.69) is 31.3 Å². The fraction of sp³-hybridized carbons (Fsp3) is 0.935. The molecule has 7 unspecified atom stereocenters. The van der Waals surface area contributed by atoms with E-state index in [4.69, 9.17) is 9.47 Å². The first-order valence-corrected chi connectivity index (χ1v) is 38.6. The minimum absolute atomic E-state index is 0.177. The van der Waals surface area contributed by atoms with Crippen molar-refractivity contribution in [2.24, 2.45) is 0 Å². The van der Waals surface area contributed by atoms with E-state index >= 15 is 0 Å². The van der Waals surface area contributed by atoms with E-state index in [1.165, 1.54) is 347 Å². The Bertz CT molecular complexity index is 1410. The third kappa shape index (κ3) is 54.4. The molecule has 0 aliphatic carbocycles. The van der Waals surface area contributed by atoms with Gasteiger partial charge in [0.25, 0.3) is 0 Å². The maximum atomic E-state index is 13.1. The van der Waals surface area contributed by atoms with Crippen molar-refractivity contribution in [1.82, 2.24) is 5.32 Å². The fourth-order valence-electron chi connectivity index (χ4n) is 12.8. The second-order valence-corrected chi connectivity index (χ2v) is 27.2. The molecular weight excluding hydrogens is 1070 g/mol. The first-order chi connectivity index (χ1) is 42.3. The Morgan fingerprint density at radius 3 is 0.977 bits per heavy atom. The molecule has 1 aliphatic heterocycles. The summed E-state index contributed by atoms with van der Waals surface area (Å²) in [7, 11) is 0. The van der Waals surface area contributed by atoms with Gasteiger partial charge in [-0.1, -0.05) is 391 Å². The zero-order chi connectivity index (χ0) is 62.1. The van der Waals surface area contributed by atoms with Gasteiger partial charge in [-0.2, -0.15) is 0 Å². The molecule has 0 radical (unpaired) electrons. The van der Waals surface area contributed by atoms with Crippen molar-refractivity contribution in [1.29, 1.82) is 0 Å². The first kappa shape index (κ1) is 82.7. The number of aliphatic hydroxyl groups excluding tert-OH is 5. The van der Waals surface area contributed by atoms with Crippen molar-refractivity contribution in [3.8, 4) is 0 Å². The van der Waals surface area contributed by atoms with Gasteiger partial charge in [0.15, 0.2) is 6.29 Å². The summed E-state index contributed by atoms with van der Waals surface area (Å²) in [5, 5.41) is 54.8. The molecule has 9 heteroatoms. The number of hydrogen-bond acceptors (Lipinski definition) is 8. The Hall–Kier alpha value is -1.33. The Kier molecular flexibility index (Phi) is 64.0. The maximum Gasteiger partial charge on any atom is 0.220 e. The molecule has 1 aliphatic rings. The third-order valence-electron chi connectivity index (χ3n) is 18.8. The van der Waals surface area contributed by atoms with Gasteiger partial charge in [-0.25, -0.2) is 0 Å². The molecule has 0 saturated carbocycles. The predicted molar refractivity (Wildman–Crippen MR) is 369 cm³/mol. The lowest BCUT2D eigenvalue weighted by atomic mass is 9.99. The lowest BCUT2D eigenvalue weighted by Crippen LogP contribution is -2.60. The van der Waals surface area contributed by atoms with E-state index < -0.39 is 49.5 Å². The largest absolute Gasteiger partial charge is 0.394 e. The van der Waals surface area contributed by atoms with Gasteiger partial charge in [-0.3, -0.25) is 4.79 Å². The van der Waals surface area contributed by atoms with Crippen LogP contribution in [0.3, 0.4) is 0 Å². The van der Waals surface area contributed by atoms with Crippen LogP contribution in [0.2, 0.25) is 0 Å². The number of rotatable bonds is 69. The van der Waals surface area contributed by atoms with Crippen LogP contribution in [-0.2, 0) is 14.3 Å². The Morgan fingerprint density at radius 2 is 0.663 bits per heavy atom. The summed E-state index contributed by atoms with van der Waals surface area (Å²) in [5.74, 6) is -0.177. The number of aliphatic hydroxyl groups is 5. The highest BCUT2D eigenvalue weighted by Gasteiger charge is 2.44. The molecule has 0 aromatic carbocycles. The quantitative estimate of drug-likeness (QED) is 0.0261. The van der Waals surface area contributed by atoms with E-state index in [0.29, 0.717) is 6.42 Å². The number of nitrogens with one attached hydrogen (secondary N) is 1. The van der Waals surface area contributed by atoms with E-state index in [-0.39, 0.29) is 12.5 Å². The average molecular weight is 1220 g/mol. The van der Waals surface area contributed by atoms with Gasteiger partial charge in [0.1, 0.15) is 24.4 Å². The molecule has 1 saturated heterocycles. The third-order valence-corrected chi connectivity index (χ3v) is 18.8. The van der Waals surface area contributed by atoms with Crippen LogP contribution in [0.1, 0.15) is 406 Å². The minimum Gasteiger partial charge on any atom is -0.394 e. The molecule has 1 fully saturated rings. The van der Waals surface area contributed by atoms with Gasteiger partial charge in [-0.15, -0.1) is 0 Å². The van der Waals surface area contributed by atoms with Crippen molar-refractivity contribution in [3.05, 3.63) is 24.3 Å². The number of carbonyl (C=O) groups is 1. The molecule has 0 bridgehead atoms. The van der Waals surface area contributed by atoms with Gasteiger partial charge < -0.3 is 40.3 Å². The Morgan fingerprint density at radius 1 is 0.384 bits per heavy atom. The molecule has 1 amide bonds. The Balaban J connectivity index is 2.08. The minimum atomic E-state index is -1.57. The van der Waals surface area contributed by atoms with Crippen LogP contribution in [0.4, 0.5) is 0 Å². The first-order valence-electron chi connectivity index (χ1n) is 38.6. The van der Waals surface area contributed by atoms with Gasteiger partial charge in [0, 0.05) is 6.42 Å². The molecule has 0 aromatic heterocycles. The number of unbranched alkanes of at least 4 members (excludes halogenated alkanes) is 57. The summed E-state index contributed by atoms with van der Waals surface area (Å²) < 4.78 is 11.3. The normalized spacial score (nSPS) is 18.1.